The van der Waals surface area contributed by atoms with Crippen LogP contribution in [0.4, 0.5) is 0 Å². The Bertz CT molecular complexity index is 790. The Labute approximate surface area is 187 Å². The van der Waals surface area contributed by atoms with Gasteiger partial charge >= 0.3 is 0 Å². The summed E-state index contributed by atoms with van der Waals surface area (Å²) in [7, 11) is 4.08. The lowest BCUT2D eigenvalue weighted by atomic mass is 9.92. The van der Waals surface area contributed by atoms with Gasteiger partial charge in [-0.3, -0.25) is 4.79 Å². The summed E-state index contributed by atoms with van der Waals surface area (Å²) >= 11 is 0. The number of fused-ring (bicyclic) bond motifs is 1. The normalized spacial score (nSPS) is 19.1. The molecule has 1 aromatic heterocycles. The first-order valence-electron chi connectivity index (χ1n) is 11.8. The van der Waals surface area contributed by atoms with Crippen molar-refractivity contribution in [1.82, 2.24) is 14.8 Å². The zero-order chi connectivity index (χ0) is 22.1. The molecule has 1 amide bonds. The molecule has 0 bridgehead atoms. The van der Waals surface area contributed by atoms with Crippen molar-refractivity contribution in [3.8, 4) is 0 Å². The van der Waals surface area contributed by atoms with Gasteiger partial charge in [-0.15, -0.1) is 6.58 Å². The van der Waals surface area contributed by atoms with Crippen molar-refractivity contribution in [2.75, 3.05) is 33.8 Å². The molecule has 1 N–H and O–H groups in total. The van der Waals surface area contributed by atoms with Crippen molar-refractivity contribution in [2.45, 2.75) is 63.5 Å². The summed E-state index contributed by atoms with van der Waals surface area (Å²) in [6.45, 7) is 6.75. The number of likely N-dealkylation sites (N-methyl/N-ethyl adjacent to an activating group) is 1. The van der Waals surface area contributed by atoms with Gasteiger partial charge in [-0.25, -0.2) is 0 Å². The number of para-hydroxylation sites is 1. The number of aromatic nitrogens is 1. The second kappa shape index (κ2) is 12.1. The summed E-state index contributed by atoms with van der Waals surface area (Å²) < 4.78 is 6.13. The molecule has 1 aliphatic carbocycles. The highest BCUT2D eigenvalue weighted by Gasteiger charge is 2.28. The highest BCUT2D eigenvalue weighted by atomic mass is 16.5. The molecule has 5 nitrogen and oxygen atoms in total. The minimum atomic E-state index is 0.0827. The van der Waals surface area contributed by atoms with Gasteiger partial charge in [0.05, 0.1) is 6.10 Å². The minimum Gasteiger partial charge on any atom is -0.378 e. The maximum Gasteiger partial charge on any atom is 0.270 e. The third kappa shape index (κ3) is 6.94. The van der Waals surface area contributed by atoms with Crippen molar-refractivity contribution >= 4 is 16.8 Å². The van der Waals surface area contributed by atoms with Crippen LogP contribution in [0.2, 0.25) is 0 Å². The molecule has 1 aliphatic rings. The van der Waals surface area contributed by atoms with Gasteiger partial charge in [0.25, 0.3) is 5.91 Å². The fourth-order valence-corrected chi connectivity index (χ4v) is 4.54. The summed E-state index contributed by atoms with van der Waals surface area (Å²) in [5.41, 5.74) is 1.69. The molecule has 0 unspecified atom stereocenters. The number of aromatic amines is 1. The second-order valence-electron chi connectivity index (χ2n) is 8.95. The molecule has 3 rings (SSSR count). The van der Waals surface area contributed by atoms with Crippen molar-refractivity contribution in [3.63, 3.8) is 0 Å². The Morgan fingerprint density at radius 1 is 1.13 bits per heavy atom. The molecule has 0 aliphatic heterocycles. The summed E-state index contributed by atoms with van der Waals surface area (Å²) in [6.07, 6.45) is 11.3. The van der Waals surface area contributed by atoms with E-state index in [2.05, 4.69) is 23.5 Å². The number of benzene rings is 1. The van der Waals surface area contributed by atoms with Gasteiger partial charge in [0, 0.05) is 37.1 Å². The highest BCUT2D eigenvalue weighted by molar-refractivity contribution is 5.98. The summed E-state index contributed by atoms with van der Waals surface area (Å²) in [6, 6.07) is 10.3. The van der Waals surface area contributed by atoms with Crippen molar-refractivity contribution in [3.05, 3.63) is 48.7 Å². The molecule has 1 aromatic carbocycles. The Hall–Kier alpha value is -2.11. The van der Waals surface area contributed by atoms with E-state index in [1.165, 1.54) is 19.3 Å². The molecule has 0 spiro atoms. The third-order valence-corrected chi connectivity index (χ3v) is 6.50. The maximum atomic E-state index is 12.9. The van der Waals surface area contributed by atoms with Gasteiger partial charge in [0.2, 0.25) is 0 Å². The number of amides is 1. The molecule has 2 aromatic rings. The van der Waals surface area contributed by atoms with E-state index < -0.39 is 0 Å². The Morgan fingerprint density at radius 2 is 1.87 bits per heavy atom. The van der Waals surface area contributed by atoms with Crippen LogP contribution in [0.5, 0.6) is 0 Å². The number of nitrogens with zero attached hydrogens (tertiary/aromatic N) is 2. The fraction of sp³-hybridized carbons (Fsp3) is 0.577. The summed E-state index contributed by atoms with van der Waals surface area (Å²) in [4.78, 5) is 20.4. The molecular formula is C26H39N3O2. The summed E-state index contributed by atoms with van der Waals surface area (Å²) in [5.74, 6) is 0.0827. The lowest BCUT2D eigenvalue weighted by Crippen LogP contribution is -2.40. The topological polar surface area (TPSA) is 48.6 Å². The smallest absolute Gasteiger partial charge is 0.270 e. The molecule has 1 saturated carbocycles. The number of unbranched alkanes of at least 4 members (excludes halogenated alkanes) is 3. The van der Waals surface area contributed by atoms with Gasteiger partial charge in [0.15, 0.2) is 0 Å². The van der Waals surface area contributed by atoms with Crippen molar-refractivity contribution in [1.29, 1.82) is 0 Å². The molecule has 1 heterocycles. The molecule has 0 radical (unpaired) electrons. The average Bonchev–Trinajstić information content (AvgIpc) is 3.22. The van der Waals surface area contributed by atoms with E-state index in [1.807, 2.05) is 48.4 Å². The van der Waals surface area contributed by atoms with E-state index in [-0.39, 0.29) is 5.91 Å². The second-order valence-corrected chi connectivity index (χ2v) is 8.95. The van der Waals surface area contributed by atoms with E-state index in [9.17, 15) is 4.79 Å². The Morgan fingerprint density at radius 3 is 2.61 bits per heavy atom. The highest BCUT2D eigenvalue weighted by Crippen LogP contribution is 2.26. The first-order valence-corrected chi connectivity index (χ1v) is 11.8. The lowest BCUT2D eigenvalue weighted by molar-refractivity contribution is 0.00900. The average molecular weight is 426 g/mol. The van der Waals surface area contributed by atoms with Crippen LogP contribution in [-0.4, -0.2) is 66.6 Å². The quantitative estimate of drug-likeness (QED) is 0.373. The van der Waals surface area contributed by atoms with Crippen LogP contribution in [0, 0.1) is 0 Å². The monoisotopic (exact) mass is 425 g/mol. The molecular weight excluding hydrogens is 386 g/mol. The SMILES string of the molecule is C=CCN(C)CCCCCCOC1CCC(N(C)C(=O)c2cc3ccccc3[nH]2)CC1. The first kappa shape index (κ1) is 23.6. The number of ether oxygens (including phenoxy) is 1. The number of rotatable bonds is 12. The van der Waals surface area contributed by atoms with Gasteiger partial charge in [-0.1, -0.05) is 37.1 Å². The predicted molar refractivity (Wildman–Crippen MR) is 129 cm³/mol. The molecule has 0 atom stereocenters. The van der Waals surface area contributed by atoms with Gasteiger partial charge in [-0.05, 0) is 64.3 Å². The van der Waals surface area contributed by atoms with Crippen LogP contribution >= 0.6 is 0 Å². The van der Waals surface area contributed by atoms with Gasteiger partial charge < -0.3 is 19.5 Å². The lowest BCUT2D eigenvalue weighted by Gasteiger charge is -2.34. The van der Waals surface area contributed by atoms with Gasteiger partial charge in [0.1, 0.15) is 5.69 Å². The minimum absolute atomic E-state index is 0.0827. The van der Waals surface area contributed by atoms with Crippen LogP contribution in [0.25, 0.3) is 10.9 Å². The summed E-state index contributed by atoms with van der Waals surface area (Å²) in [5, 5.41) is 1.08. The van der Waals surface area contributed by atoms with E-state index in [1.54, 1.807) is 0 Å². The number of carbonyl (C=O) groups excluding carboxylic acids is 1. The van der Waals surface area contributed by atoms with E-state index in [4.69, 9.17) is 4.74 Å². The molecule has 31 heavy (non-hydrogen) atoms. The van der Waals surface area contributed by atoms with E-state index >= 15 is 0 Å². The zero-order valence-corrected chi connectivity index (χ0v) is 19.3. The fourth-order valence-electron chi connectivity index (χ4n) is 4.54. The molecule has 170 valence electrons. The number of hydrogen-bond acceptors (Lipinski definition) is 3. The first-order chi connectivity index (χ1) is 15.1. The number of H-pyrrole nitrogens is 1. The van der Waals surface area contributed by atoms with Crippen molar-refractivity contribution < 1.29 is 9.53 Å². The van der Waals surface area contributed by atoms with Crippen LogP contribution in [0.15, 0.2) is 43.0 Å². The largest absolute Gasteiger partial charge is 0.378 e. The Balaban J connectivity index is 1.31. The number of nitrogens with one attached hydrogen (secondary N) is 1. The van der Waals surface area contributed by atoms with Crippen LogP contribution < -0.4 is 0 Å². The van der Waals surface area contributed by atoms with E-state index in [0.717, 1.165) is 62.7 Å². The van der Waals surface area contributed by atoms with Crippen LogP contribution in [-0.2, 0) is 4.74 Å². The van der Waals surface area contributed by atoms with E-state index in [0.29, 0.717) is 17.8 Å². The molecule has 0 saturated heterocycles. The predicted octanol–water partition coefficient (Wildman–Crippen LogP) is 5.25. The van der Waals surface area contributed by atoms with Crippen LogP contribution in [0.1, 0.15) is 61.9 Å². The molecule has 1 fully saturated rings. The Kier molecular flexibility index (Phi) is 9.16. The standard InChI is InChI=1S/C26H39N3O2/c1-4-17-28(2)18-9-5-6-10-19-31-23-15-13-22(14-16-23)29(3)26(30)25-20-21-11-7-8-12-24(21)27-25/h4,7-8,11-12,20,22-23,27H,1,5-6,9-10,13-19H2,2-3H3. The van der Waals surface area contributed by atoms with Gasteiger partial charge in [-0.2, -0.15) is 0 Å². The maximum absolute atomic E-state index is 12.9. The van der Waals surface area contributed by atoms with Crippen LogP contribution in [0.3, 0.4) is 0 Å². The molecule has 5 heteroatoms. The van der Waals surface area contributed by atoms with Crippen molar-refractivity contribution in [2.24, 2.45) is 0 Å². The number of carbonyl (C=O) groups is 1. The zero-order valence-electron chi connectivity index (χ0n) is 19.3. The number of hydrogen-bond donors (Lipinski definition) is 1. The third-order valence-electron chi connectivity index (χ3n) is 6.50.